The molecular weight excluding hydrogens is 1710 g/mol. The van der Waals surface area contributed by atoms with Crippen molar-refractivity contribution in [3.63, 3.8) is 0 Å². The second-order valence-corrected chi connectivity index (χ2v) is 57.9. The summed E-state index contributed by atoms with van der Waals surface area (Å²) >= 11 is 0. The lowest BCUT2D eigenvalue weighted by Gasteiger charge is -2.27. The Labute approximate surface area is 822 Å². The molecule has 0 saturated heterocycles. The van der Waals surface area contributed by atoms with Crippen molar-refractivity contribution in [1.29, 1.82) is 0 Å². The second kappa shape index (κ2) is 33.6. The molecule has 0 atom stereocenters. The van der Waals surface area contributed by atoms with Crippen LogP contribution < -0.4 is 10.4 Å². The molecule has 5 aliphatic heterocycles. The van der Waals surface area contributed by atoms with E-state index in [1.807, 2.05) is 0 Å². The number of nitrogens with zero attached hydrogens (tertiary/aromatic N) is 4. The van der Waals surface area contributed by atoms with Crippen molar-refractivity contribution < 1.29 is 0 Å². The monoisotopic (exact) mass is 1860 g/mol. The van der Waals surface area contributed by atoms with E-state index in [0.717, 1.165) is 156 Å². The molecule has 0 amide bonds. The lowest BCUT2D eigenvalue weighted by molar-refractivity contribution is 0.568. The van der Waals surface area contributed by atoms with E-state index in [2.05, 4.69) is 463 Å². The van der Waals surface area contributed by atoms with E-state index in [1.54, 1.807) is 0 Å². The van der Waals surface area contributed by atoms with Gasteiger partial charge in [-0.25, -0.2) is 19.9 Å². The third-order valence-corrected chi connectivity index (χ3v) is 34.8. The molecule has 696 valence electrons. The van der Waals surface area contributed by atoms with E-state index in [1.165, 1.54) is 87.5 Å². The summed E-state index contributed by atoms with van der Waals surface area (Å²) in [6.45, 7) is 85.0. The van der Waals surface area contributed by atoms with Crippen LogP contribution in [0.5, 0.6) is 0 Å². The number of aromatic nitrogens is 8. The number of benzene rings is 6. The maximum atomic E-state index is 6.59. The van der Waals surface area contributed by atoms with Gasteiger partial charge in [0.25, 0.3) is 0 Å². The zero-order chi connectivity index (χ0) is 98.5. The Balaban J connectivity index is 1.10. The summed E-state index contributed by atoms with van der Waals surface area (Å²) in [7, 11) is 0.881. The van der Waals surface area contributed by atoms with Crippen LogP contribution in [0.2, 0.25) is 0 Å². The number of aromatic amines is 4. The summed E-state index contributed by atoms with van der Waals surface area (Å²) in [5.41, 5.74) is 41.5. The molecule has 6 aromatic heterocycles. The van der Waals surface area contributed by atoms with E-state index in [0.29, 0.717) is 0 Å². The van der Waals surface area contributed by atoms with Crippen LogP contribution in [0.1, 0.15) is 362 Å². The maximum Gasteiger partial charge on any atom is 0.0743 e. The molecule has 16 bridgehead atoms. The smallest absolute Gasteiger partial charge is 0.0743 e. The van der Waals surface area contributed by atoms with E-state index in [9.17, 15) is 0 Å². The number of H-pyrrole nitrogens is 4. The van der Waals surface area contributed by atoms with Crippen molar-refractivity contribution in [3.8, 4) is 66.8 Å². The fourth-order valence-electron chi connectivity index (χ4n) is 18.9. The molecule has 12 heteroatoms. The quantitative estimate of drug-likeness (QED) is 0.124. The Kier molecular flexibility index (Phi) is 24.0. The SMILES string of the molecule is CC(C)(C)c1cc(-c2c3nc(cc4cc5c([nH]4)c(-c4cc(C(C)(C)C)cc(C(C)(C)C)c4)c4nc(c(-c6cc(C(C)(C)C)cc(C(C)(C)C)c6)c6ccc2[nH]6)C=C4[Si][Si]C2=Cc4nc2c(-c2cc(C(C)(C)C)cc(C(C)(C)C)c2)c2[nH]c(cc6nc(c(-c7cc(C(C)(C)C)cc(C(C)(C)C)c7)c7ccc([nH]7)c4-c4cc(C(C)(C)C)cc(C(C)(C)C)c4)C=C6)cc2[Si][Si]5)C=C3)cc(C(C)(C)C)c1. The van der Waals surface area contributed by atoms with Gasteiger partial charge in [-0.1, -0.05) is 358 Å². The van der Waals surface area contributed by atoms with Gasteiger partial charge in [-0.05, 0) is 271 Å². The molecule has 8 radical (unpaired) electrons. The first-order chi connectivity index (χ1) is 62.8. The second-order valence-electron chi connectivity index (χ2n) is 51.7. The van der Waals surface area contributed by atoms with Crippen LogP contribution >= 0.6 is 0 Å². The first-order valence-corrected chi connectivity index (χ1v) is 55.3. The summed E-state index contributed by atoms with van der Waals surface area (Å²) in [6.07, 6.45) is 14.1. The van der Waals surface area contributed by atoms with Crippen molar-refractivity contribution in [2.45, 2.75) is 314 Å². The van der Waals surface area contributed by atoms with E-state index in [-0.39, 0.29) is 101 Å². The summed E-state index contributed by atoms with van der Waals surface area (Å²) < 4.78 is 0. The van der Waals surface area contributed by atoms with E-state index >= 15 is 0 Å². The van der Waals surface area contributed by atoms with E-state index < -0.39 is 0 Å². The molecule has 4 N–H and O–H groups in total. The molecular formula is C124H144N8Si4. The molecule has 0 aliphatic carbocycles. The van der Waals surface area contributed by atoms with Crippen LogP contribution in [0.15, 0.2) is 158 Å². The molecule has 6 aromatic carbocycles. The number of nitrogens with one attached hydrogen (secondary N) is 4. The predicted octanol–water partition coefficient (Wildman–Crippen LogP) is 31.5. The molecule has 0 saturated carbocycles. The van der Waals surface area contributed by atoms with Crippen molar-refractivity contribution in [1.82, 2.24) is 39.9 Å². The first kappa shape index (κ1) is 97.0. The maximum absolute atomic E-state index is 6.59. The summed E-state index contributed by atoms with van der Waals surface area (Å²) in [4.78, 5) is 42.2. The van der Waals surface area contributed by atoms with Gasteiger partial charge in [0.1, 0.15) is 0 Å². The van der Waals surface area contributed by atoms with Gasteiger partial charge in [-0.2, -0.15) is 0 Å². The molecule has 8 nitrogen and oxygen atoms in total. The van der Waals surface area contributed by atoms with E-state index in [4.69, 9.17) is 19.9 Å². The topological polar surface area (TPSA) is 115 Å². The van der Waals surface area contributed by atoms with Gasteiger partial charge in [-0.15, -0.1) is 0 Å². The molecule has 5 aliphatic rings. The number of hydrogen-bond donors (Lipinski definition) is 4. The van der Waals surface area contributed by atoms with Gasteiger partial charge in [0.05, 0.1) is 81.7 Å². The van der Waals surface area contributed by atoms with Crippen LogP contribution in [0.4, 0.5) is 0 Å². The summed E-state index contributed by atoms with van der Waals surface area (Å²) in [5.74, 6) is 0. The average molecular weight is 1860 g/mol. The van der Waals surface area contributed by atoms with Crippen LogP contribution in [0, 0.1) is 0 Å². The largest absolute Gasteiger partial charge is 0.355 e. The zero-order valence-electron chi connectivity index (χ0n) is 88.3. The predicted molar refractivity (Wildman–Crippen MR) is 595 cm³/mol. The highest BCUT2D eigenvalue weighted by Gasteiger charge is 2.36. The molecule has 17 rings (SSSR count). The van der Waals surface area contributed by atoms with Crippen LogP contribution in [-0.2, 0) is 65.0 Å². The van der Waals surface area contributed by atoms with Crippen LogP contribution in [0.25, 0.3) is 158 Å². The lowest BCUT2D eigenvalue weighted by Crippen LogP contribution is -2.29. The summed E-state index contributed by atoms with van der Waals surface area (Å²) in [5, 5.41) is 4.82. The van der Waals surface area contributed by atoms with Gasteiger partial charge in [0.15, 0.2) is 0 Å². The Morgan fingerprint density at radius 3 is 0.618 bits per heavy atom. The minimum Gasteiger partial charge on any atom is -0.355 e. The highest BCUT2D eigenvalue weighted by Crippen LogP contribution is 2.50. The number of hydrogen-bond acceptors (Lipinski definition) is 4. The molecule has 0 fully saturated rings. The minimum atomic E-state index is -0.225. The van der Waals surface area contributed by atoms with Gasteiger partial charge >= 0.3 is 0 Å². The Morgan fingerprint density at radius 2 is 0.404 bits per heavy atom. The molecule has 136 heavy (non-hydrogen) atoms. The van der Waals surface area contributed by atoms with Crippen molar-refractivity contribution in [2.24, 2.45) is 0 Å². The molecule has 0 spiro atoms. The standard InChI is InChI=1S/C124H144N8Si4/c1-113(2,3)75-45-69(46-76(57-75)114(4,5)6)103-91-39-37-87(125-91)63-89-65-99-109(127-89)107(73-53-83(121(25,26)27)61-84(54-73)122(28,29)30)111-101(67-97(131-111)105(95-43-41-93(103)129-95)71-49-79(117(13,14)15)59-80(50-71)118(16,17)18)135-136-102-68-98-106(72-51-81(119(19,20)21)60-82(52-72)120(22,23)24)96-44-42-94(130-96)104(70-47-77(115(7,8)9)58-78(48-70)116(10,11)12)92-40-38-88(126-92)64-90-66-100(134-133-99)110(128-90)108(112(102)132-98)74-55-85(123(31,32)33)62-86(56-74)124(34,35)36/h37-68,127-130H,1-36H3. The highest BCUT2D eigenvalue weighted by atomic mass is 29.1. The van der Waals surface area contributed by atoms with Crippen LogP contribution in [0.3, 0.4) is 0 Å². The normalized spacial score (nSPS) is 14.5. The van der Waals surface area contributed by atoms with Gasteiger partial charge in [0, 0.05) is 77.5 Å². The minimum absolute atomic E-state index is 0.150. The van der Waals surface area contributed by atoms with Gasteiger partial charge in [0.2, 0.25) is 0 Å². The summed E-state index contributed by atoms with van der Waals surface area (Å²) in [6, 6.07) is 63.4. The Morgan fingerprint density at radius 1 is 0.199 bits per heavy atom. The fourth-order valence-corrected chi connectivity index (χ4v) is 25.5. The van der Waals surface area contributed by atoms with Crippen molar-refractivity contribution >= 4 is 138 Å². The third kappa shape index (κ3) is 19.6. The molecule has 12 aromatic rings. The van der Waals surface area contributed by atoms with Gasteiger partial charge < -0.3 is 19.9 Å². The highest BCUT2D eigenvalue weighted by molar-refractivity contribution is 7.18. The van der Waals surface area contributed by atoms with Crippen LogP contribution in [-0.4, -0.2) is 76.0 Å². The zero-order valence-corrected chi connectivity index (χ0v) is 92.3. The number of rotatable bonds is 6. The van der Waals surface area contributed by atoms with Gasteiger partial charge in [-0.3, -0.25) is 0 Å². The third-order valence-electron chi connectivity index (χ3n) is 28.0. The lowest BCUT2D eigenvalue weighted by atomic mass is 9.78. The number of fused-ring (bicyclic) bond motifs is 12. The van der Waals surface area contributed by atoms with Crippen molar-refractivity contribution in [2.75, 3.05) is 0 Å². The van der Waals surface area contributed by atoms with Crippen molar-refractivity contribution in [3.05, 3.63) is 270 Å². The average Bonchev–Trinajstić information content (AvgIpc) is 1.58. The molecule has 11 heterocycles. The first-order valence-electron chi connectivity index (χ1n) is 49.3. The Hall–Kier alpha value is -10.6. The Bertz CT molecular complexity index is 6790. The fraction of sp³-hybridized carbons (Fsp3) is 0.387. The molecule has 0 unspecified atom stereocenters.